The molecule has 1 aromatic carbocycles. The van der Waals surface area contributed by atoms with Crippen molar-refractivity contribution >= 4 is 26.7 Å². The predicted octanol–water partition coefficient (Wildman–Crippen LogP) is 5.08. The molecule has 6 aliphatic rings. The maximum Gasteiger partial charge on any atom is 0.351 e. The maximum atomic E-state index is 16.0. The van der Waals surface area contributed by atoms with E-state index >= 15 is 13.2 Å². The van der Waals surface area contributed by atoms with Gasteiger partial charge in [-0.1, -0.05) is 24.6 Å². The molecule has 0 saturated carbocycles. The maximum absolute atomic E-state index is 16.0. The summed E-state index contributed by atoms with van der Waals surface area (Å²) in [5, 5.41) is 3.56. The molecule has 6 aliphatic heterocycles. The number of rotatable bonds is 1. The minimum absolute atomic E-state index is 0.0165. The van der Waals surface area contributed by atoms with Crippen LogP contribution in [-0.2, 0) is 29.4 Å². The molecule has 13 heteroatoms. The smallest absolute Gasteiger partial charge is 0.351 e. The first-order valence-corrected chi connectivity index (χ1v) is 18.1. The summed E-state index contributed by atoms with van der Waals surface area (Å²) in [6, 6.07) is 5.02. The van der Waals surface area contributed by atoms with Gasteiger partial charge in [-0.3, -0.25) is 13.9 Å². The van der Waals surface area contributed by atoms with E-state index < -0.39 is 44.8 Å². The lowest BCUT2D eigenvalue weighted by Crippen LogP contribution is -2.43. The number of benzene rings is 1. The molecular formula is C33H42F3N5O4S. The number of pyridine rings is 1. The standard InChI is InChI=1S/C33H42F3N5O4S/c1-20-7-4-5-14-41-30-26(19-25(31(42)39(30)3)22-12-17-46(44,45)18-13-22)29(38-32(41)43)37-21(2)24-8-6-9-27(28(24)34)33(35,36)23-10-15-40(20)16-11-23/h6,8-9,19-23H,4-5,7,10-18H2,1-3H3,(H,37,38,43)/t20?,21-/m1/s1. The van der Waals surface area contributed by atoms with Crippen LogP contribution >= 0.6 is 0 Å². The third-order valence-corrected chi connectivity index (χ3v) is 12.2. The monoisotopic (exact) mass is 661 g/mol. The fourth-order valence-corrected chi connectivity index (χ4v) is 9.10. The van der Waals surface area contributed by atoms with Crippen molar-refractivity contribution in [2.75, 3.05) is 29.9 Å². The Kier molecular flexibility index (Phi) is 8.86. The third kappa shape index (κ3) is 6.00. The van der Waals surface area contributed by atoms with Crippen molar-refractivity contribution in [2.24, 2.45) is 13.0 Å². The van der Waals surface area contributed by atoms with Gasteiger partial charge in [0.05, 0.1) is 28.5 Å². The molecule has 2 atom stereocenters. The number of hydrogen-bond acceptors (Lipinski definition) is 7. The second-order valence-corrected chi connectivity index (χ2v) is 15.7. The number of sulfone groups is 1. The Hall–Kier alpha value is -3.19. The Morgan fingerprint density at radius 1 is 0.957 bits per heavy atom. The summed E-state index contributed by atoms with van der Waals surface area (Å²) in [6.45, 7) is 5.04. The number of alkyl halides is 2. The van der Waals surface area contributed by atoms with E-state index in [2.05, 4.69) is 22.1 Å². The highest BCUT2D eigenvalue weighted by Crippen LogP contribution is 2.44. The Morgan fingerprint density at radius 3 is 2.35 bits per heavy atom. The summed E-state index contributed by atoms with van der Waals surface area (Å²) < 4.78 is 75.0. The topological polar surface area (TPSA) is 106 Å². The normalized spacial score (nSPS) is 27.1. The average molecular weight is 662 g/mol. The molecule has 0 spiro atoms. The largest absolute Gasteiger partial charge is 0.363 e. The van der Waals surface area contributed by atoms with Crippen molar-refractivity contribution < 1.29 is 21.6 Å². The molecule has 1 N–H and O–H groups in total. The Morgan fingerprint density at radius 2 is 1.65 bits per heavy atom. The summed E-state index contributed by atoms with van der Waals surface area (Å²) >= 11 is 0. The Bertz CT molecular complexity index is 1850. The van der Waals surface area contributed by atoms with Crippen LogP contribution in [0.25, 0.3) is 11.0 Å². The molecule has 2 aromatic heterocycles. The molecule has 0 amide bonds. The zero-order valence-electron chi connectivity index (χ0n) is 26.6. The molecule has 46 heavy (non-hydrogen) atoms. The van der Waals surface area contributed by atoms with Crippen LogP contribution in [0.1, 0.15) is 87.4 Å². The number of nitrogens with zero attached hydrogens (tertiary/aromatic N) is 4. The van der Waals surface area contributed by atoms with E-state index in [1.165, 1.54) is 21.3 Å². The van der Waals surface area contributed by atoms with Gasteiger partial charge in [0, 0.05) is 36.7 Å². The summed E-state index contributed by atoms with van der Waals surface area (Å²) in [5.41, 5.74) is -0.733. The average Bonchev–Trinajstić information content (AvgIpc) is 3.01. The van der Waals surface area contributed by atoms with Crippen LogP contribution in [0.3, 0.4) is 0 Å². The summed E-state index contributed by atoms with van der Waals surface area (Å²) in [5.74, 6) is -5.54. The molecule has 0 aliphatic carbocycles. The molecule has 3 aromatic rings. The highest BCUT2D eigenvalue weighted by Gasteiger charge is 2.45. The quantitative estimate of drug-likeness (QED) is 0.388. The fourth-order valence-electron chi connectivity index (χ4n) is 7.60. The minimum atomic E-state index is -3.36. The molecule has 9 nitrogen and oxygen atoms in total. The Labute approximate surface area is 266 Å². The predicted molar refractivity (Wildman–Crippen MR) is 172 cm³/mol. The summed E-state index contributed by atoms with van der Waals surface area (Å²) in [7, 11) is -1.58. The lowest BCUT2D eigenvalue weighted by Gasteiger charge is -2.39. The third-order valence-electron chi connectivity index (χ3n) is 10.5. The molecule has 0 radical (unpaired) electrons. The number of aromatic nitrogens is 3. The molecular weight excluding hydrogens is 619 g/mol. The van der Waals surface area contributed by atoms with Gasteiger partial charge in [0.15, 0.2) is 0 Å². The second-order valence-electron chi connectivity index (χ2n) is 13.4. The van der Waals surface area contributed by atoms with Crippen LogP contribution < -0.4 is 16.6 Å². The number of nitrogens with one attached hydrogen (secondary N) is 1. The Balaban J connectivity index is 1.49. The van der Waals surface area contributed by atoms with Gasteiger partial charge < -0.3 is 10.2 Å². The van der Waals surface area contributed by atoms with Gasteiger partial charge in [-0.25, -0.2) is 26.4 Å². The van der Waals surface area contributed by atoms with Crippen molar-refractivity contribution in [3.8, 4) is 0 Å². The molecule has 250 valence electrons. The van der Waals surface area contributed by atoms with Gasteiger partial charge in [-0.15, -0.1) is 0 Å². The van der Waals surface area contributed by atoms with E-state index in [1.54, 1.807) is 20.0 Å². The summed E-state index contributed by atoms with van der Waals surface area (Å²) in [4.78, 5) is 33.8. The SMILES string of the molecule is CC1CCCCn2c(=O)nc(c3cc(C4CCS(=O)(=O)CC4)c(=O)n(C)c32)N[C@H](C)c2cccc(c2F)C(F)(F)C2CCN1CC2. The molecule has 9 rings (SSSR count). The second kappa shape index (κ2) is 12.4. The van der Waals surface area contributed by atoms with E-state index in [4.69, 9.17) is 0 Å². The van der Waals surface area contributed by atoms with Crippen LogP contribution in [-0.4, -0.2) is 58.1 Å². The van der Waals surface area contributed by atoms with Crippen molar-refractivity contribution in [2.45, 2.75) is 89.3 Å². The van der Waals surface area contributed by atoms with E-state index in [1.807, 2.05) is 0 Å². The van der Waals surface area contributed by atoms with Crippen LogP contribution in [0.15, 0.2) is 33.9 Å². The van der Waals surface area contributed by atoms with Gasteiger partial charge >= 0.3 is 5.69 Å². The van der Waals surface area contributed by atoms with E-state index in [0.717, 1.165) is 18.9 Å². The van der Waals surface area contributed by atoms with E-state index in [-0.39, 0.29) is 53.2 Å². The number of halogens is 3. The lowest BCUT2D eigenvalue weighted by atomic mass is 9.84. The molecule has 1 unspecified atom stereocenters. The highest BCUT2D eigenvalue weighted by atomic mass is 32.2. The van der Waals surface area contributed by atoms with Gasteiger partial charge in [-0.2, -0.15) is 4.98 Å². The number of aryl methyl sites for hydroxylation is 2. The first-order chi connectivity index (χ1) is 21.8. The van der Waals surface area contributed by atoms with Gasteiger partial charge in [0.1, 0.15) is 27.1 Å². The zero-order valence-corrected chi connectivity index (χ0v) is 27.4. The van der Waals surface area contributed by atoms with Crippen molar-refractivity contribution in [3.63, 3.8) is 0 Å². The van der Waals surface area contributed by atoms with Gasteiger partial charge in [0.25, 0.3) is 11.5 Å². The molecule has 6 bridgehead atoms. The molecule has 8 heterocycles. The lowest BCUT2D eigenvalue weighted by molar-refractivity contribution is -0.0907. The van der Waals surface area contributed by atoms with Crippen LogP contribution in [0.2, 0.25) is 0 Å². The summed E-state index contributed by atoms with van der Waals surface area (Å²) in [6.07, 6.45) is 3.38. The van der Waals surface area contributed by atoms with Crippen LogP contribution in [0.4, 0.5) is 19.0 Å². The number of anilines is 1. The molecule has 2 saturated heterocycles. The van der Waals surface area contributed by atoms with Gasteiger partial charge in [-0.05, 0) is 77.4 Å². The number of piperidine rings is 1. The van der Waals surface area contributed by atoms with Gasteiger partial charge in [0.2, 0.25) is 0 Å². The number of hydrogen-bond donors (Lipinski definition) is 1. The van der Waals surface area contributed by atoms with Crippen molar-refractivity contribution in [1.82, 2.24) is 19.0 Å². The van der Waals surface area contributed by atoms with E-state index in [9.17, 15) is 18.0 Å². The van der Waals surface area contributed by atoms with Crippen LogP contribution in [0, 0.1) is 11.7 Å². The van der Waals surface area contributed by atoms with Crippen LogP contribution in [0.5, 0.6) is 0 Å². The highest BCUT2D eigenvalue weighted by molar-refractivity contribution is 7.91. The fraction of sp³-hybridized carbons (Fsp3) is 0.606. The first-order valence-electron chi connectivity index (χ1n) is 16.3. The first kappa shape index (κ1) is 32.7. The van der Waals surface area contributed by atoms with Crippen molar-refractivity contribution in [3.05, 3.63) is 67.6 Å². The van der Waals surface area contributed by atoms with E-state index in [0.29, 0.717) is 55.5 Å². The zero-order chi connectivity index (χ0) is 33.0. The minimum Gasteiger partial charge on any atom is -0.363 e. The van der Waals surface area contributed by atoms with Crippen molar-refractivity contribution in [1.29, 1.82) is 0 Å². The molecule has 2 fully saturated rings.